The molecule has 0 atom stereocenters. The van der Waals surface area contributed by atoms with E-state index >= 15 is 0 Å². The van der Waals surface area contributed by atoms with Crippen molar-refractivity contribution in [3.05, 3.63) is 0 Å². The fourth-order valence-corrected chi connectivity index (χ4v) is 2.18. The van der Waals surface area contributed by atoms with Crippen molar-refractivity contribution in [2.75, 3.05) is 19.8 Å². The molecule has 0 radical (unpaired) electrons. The van der Waals surface area contributed by atoms with E-state index in [1.165, 1.54) is 0 Å². The third kappa shape index (κ3) is 3.25. The fourth-order valence-electron chi connectivity index (χ4n) is 2.18. The van der Waals surface area contributed by atoms with Gasteiger partial charge >= 0.3 is 0 Å². The normalized spacial score (nSPS) is 23.1. The Morgan fingerprint density at radius 1 is 1.38 bits per heavy atom. The van der Waals surface area contributed by atoms with Crippen molar-refractivity contribution in [1.29, 1.82) is 0 Å². The predicted molar refractivity (Wildman–Crippen MR) is 52.5 cm³/mol. The Morgan fingerprint density at radius 3 is 2.31 bits per heavy atom. The molecule has 1 saturated heterocycles. The summed E-state index contributed by atoms with van der Waals surface area (Å²) in [7, 11) is 0. The van der Waals surface area contributed by atoms with Crippen molar-refractivity contribution in [1.82, 2.24) is 0 Å². The van der Waals surface area contributed by atoms with Gasteiger partial charge < -0.3 is 15.6 Å². The van der Waals surface area contributed by atoms with Gasteiger partial charge in [0.2, 0.25) is 0 Å². The van der Waals surface area contributed by atoms with E-state index in [0.29, 0.717) is 6.54 Å². The zero-order chi connectivity index (χ0) is 9.95. The molecule has 1 aliphatic heterocycles. The quantitative estimate of drug-likeness (QED) is 0.690. The number of hydrogen-bond donors (Lipinski definition) is 2. The van der Waals surface area contributed by atoms with E-state index in [1.54, 1.807) is 0 Å². The van der Waals surface area contributed by atoms with Gasteiger partial charge in [-0.2, -0.15) is 0 Å². The molecule has 0 aromatic carbocycles. The lowest BCUT2D eigenvalue weighted by Crippen LogP contribution is -2.42. The number of aliphatic hydroxyl groups is 1. The highest BCUT2D eigenvalue weighted by Gasteiger charge is 2.35. The van der Waals surface area contributed by atoms with E-state index in [4.69, 9.17) is 10.5 Å². The second-order valence-electron chi connectivity index (χ2n) is 4.81. The molecule has 0 aromatic heterocycles. The van der Waals surface area contributed by atoms with Crippen molar-refractivity contribution in [2.24, 2.45) is 11.1 Å². The van der Waals surface area contributed by atoms with Crippen LogP contribution in [0.4, 0.5) is 0 Å². The lowest BCUT2D eigenvalue weighted by molar-refractivity contribution is -0.0361. The molecule has 1 rings (SSSR count). The van der Waals surface area contributed by atoms with Crippen LogP contribution in [-0.2, 0) is 4.74 Å². The monoisotopic (exact) mass is 187 g/mol. The molecule has 78 valence electrons. The van der Waals surface area contributed by atoms with Gasteiger partial charge in [-0.3, -0.25) is 0 Å². The largest absolute Gasteiger partial charge is 0.390 e. The lowest BCUT2D eigenvalue weighted by atomic mass is 9.73. The SMILES string of the molecule is CC(C)(O)CC1(CN)CCOCC1. The summed E-state index contributed by atoms with van der Waals surface area (Å²) in [5, 5.41) is 9.77. The van der Waals surface area contributed by atoms with Crippen molar-refractivity contribution >= 4 is 0 Å². The Bertz CT molecular complexity index is 157. The number of rotatable bonds is 3. The van der Waals surface area contributed by atoms with E-state index < -0.39 is 5.60 Å². The highest BCUT2D eigenvalue weighted by molar-refractivity contribution is 4.88. The van der Waals surface area contributed by atoms with Crippen LogP contribution in [0.3, 0.4) is 0 Å². The molecule has 1 heterocycles. The minimum atomic E-state index is -0.614. The van der Waals surface area contributed by atoms with Gasteiger partial charge in [-0.25, -0.2) is 0 Å². The third-order valence-electron chi connectivity index (χ3n) is 2.79. The first-order valence-electron chi connectivity index (χ1n) is 4.98. The topological polar surface area (TPSA) is 55.5 Å². The minimum absolute atomic E-state index is 0.108. The predicted octanol–water partition coefficient (Wildman–Crippen LogP) is 0.903. The first-order valence-corrected chi connectivity index (χ1v) is 4.98. The van der Waals surface area contributed by atoms with Crippen LogP contribution in [0.5, 0.6) is 0 Å². The number of ether oxygens (including phenoxy) is 1. The molecule has 0 aromatic rings. The first kappa shape index (κ1) is 11.0. The smallest absolute Gasteiger partial charge is 0.0597 e. The second kappa shape index (κ2) is 3.95. The lowest BCUT2D eigenvalue weighted by Gasteiger charge is -2.40. The minimum Gasteiger partial charge on any atom is -0.390 e. The van der Waals surface area contributed by atoms with Crippen LogP contribution in [0.15, 0.2) is 0 Å². The number of nitrogens with two attached hydrogens (primary N) is 1. The van der Waals surface area contributed by atoms with Crippen LogP contribution in [0.2, 0.25) is 0 Å². The molecule has 3 heteroatoms. The zero-order valence-corrected chi connectivity index (χ0v) is 8.68. The Labute approximate surface area is 80.3 Å². The molecule has 1 fully saturated rings. The van der Waals surface area contributed by atoms with E-state index in [-0.39, 0.29) is 5.41 Å². The molecule has 0 aliphatic carbocycles. The number of hydrogen-bond acceptors (Lipinski definition) is 3. The molecule has 0 saturated carbocycles. The van der Waals surface area contributed by atoms with Gasteiger partial charge in [-0.1, -0.05) is 0 Å². The van der Waals surface area contributed by atoms with E-state index in [1.807, 2.05) is 13.8 Å². The van der Waals surface area contributed by atoms with Crippen molar-refractivity contribution < 1.29 is 9.84 Å². The van der Waals surface area contributed by atoms with Gasteiger partial charge in [0, 0.05) is 13.2 Å². The van der Waals surface area contributed by atoms with Crippen molar-refractivity contribution in [3.63, 3.8) is 0 Å². The molecular formula is C10H21NO2. The van der Waals surface area contributed by atoms with Gasteiger partial charge in [-0.05, 0) is 45.1 Å². The van der Waals surface area contributed by atoms with Crippen LogP contribution in [0.1, 0.15) is 33.1 Å². The van der Waals surface area contributed by atoms with Crippen LogP contribution >= 0.6 is 0 Å². The maximum absolute atomic E-state index is 9.77. The van der Waals surface area contributed by atoms with E-state index in [0.717, 1.165) is 32.5 Å². The molecule has 0 amide bonds. The molecule has 3 nitrogen and oxygen atoms in total. The maximum Gasteiger partial charge on any atom is 0.0597 e. The maximum atomic E-state index is 9.77. The molecule has 0 bridgehead atoms. The van der Waals surface area contributed by atoms with E-state index in [2.05, 4.69) is 0 Å². The summed E-state index contributed by atoms with van der Waals surface area (Å²) in [6.45, 7) is 5.92. The summed E-state index contributed by atoms with van der Waals surface area (Å²) < 4.78 is 5.30. The molecule has 0 unspecified atom stereocenters. The Hall–Kier alpha value is -0.120. The third-order valence-corrected chi connectivity index (χ3v) is 2.79. The summed E-state index contributed by atoms with van der Waals surface area (Å²) in [5.74, 6) is 0. The zero-order valence-electron chi connectivity index (χ0n) is 8.68. The van der Waals surface area contributed by atoms with Crippen LogP contribution < -0.4 is 5.73 Å². The summed E-state index contributed by atoms with van der Waals surface area (Å²) in [6, 6.07) is 0. The van der Waals surface area contributed by atoms with Gasteiger partial charge in [-0.15, -0.1) is 0 Å². The molecular weight excluding hydrogens is 166 g/mol. The summed E-state index contributed by atoms with van der Waals surface area (Å²) in [6.07, 6.45) is 2.74. The van der Waals surface area contributed by atoms with Gasteiger partial charge in [0.15, 0.2) is 0 Å². The molecule has 0 spiro atoms. The van der Waals surface area contributed by atoms with Crippen LogP contribution in [0.25, 0.3) is 0 Å². The first-order chi connectivity index (χ1) is 5.97. The summed E-state index contributed by atoms with van der Waals surface area (Å²) in [5.41, 5.74) is 5.27. The fraction of sp³-hybridized carbons (Fsp3) is 1.00. The van der Waals surface area contributed by atoms with Crippen LogP contribution in [-0.4, -0.2) is 30.5 Å². The highest BCUT2D eigenvalue weighted by atomic mass is 16.5. The van der Waals surface area contributed by atoms with E-state index in [9.17, 15) is 5.11 Å². The van der Waals surface area contributed by atoms with Crippen LogP contribution in [0, 0.1) is 5.41 Å². The second-order valence-corrected chi connectivity index (χ2v) is 4.81. The Morgan fingerprint density at radius 2 is 1.92 bits per heavy atom. The molecule has 13 heavy (non-hydrogen) atoms. The standard InChI is InChI=1S/C10H21NO2/c1-9(2,12)7-10(8-11)3-5-13-6-4-10/h12H,3-8,11H2,1-2H3. The summed E-state index contributed by atoms with van der Waals surface area (Å²) in [4.78, 5) is 0. The molecule has 3 N–H and O–H groups in total. The highest BCUT2D eigenvalue weighted by Crippen LogP contribution is 2.37. The molecule has 1 aliphatic rings. The van der Waals surface area contributed by atoms with Gasteiger partial charge in [0.25, 0.3) is 0 Å². The van der Waals surface area contributed by atoms with Gasteiger partial charge in [0.1, 0.15) is 0 Å². The Balaban J connectivity index is 2.57. The van der Waals surface area contributed by atoms with Gasteiger partial charge in [0.05, 0.1) is 5.60 Å². The van der Waals surface area contributed by atoms with Crippen molar-refractivity contribution in [2.45, 2.75) is 38.7 Å². The Kier molecular flexibility index (Phi) is 3.33. The van der Waals surface area contributed by atoms with Crippen molar-refractivity contribution in [3.8, 4) is 0 Å². The average Bonchev–Trinajstić information content (AvgIpc) is 2.03. The average molecular weight is 187 g/mol. The summed E-state index contributed by atoms with van der Waals surface area (Å²) >= 11 is 0.